The van der Waals surface area contributed by atoms with E-state index < -0.39 is 10.0 Å². The van der Waals surface area contributed by atoms with Gasteiger partial charge in [-0.05, 0) is 44.7 Å². The fourth-order valence-electron chi connectivity index (χ4n) is 3.05. The largest absolute Gasteiger partial charge is 0.328 e. The Morgan fingerprint density at radius 2 is 2.00 bits per heavy atom. The van der Waals surface area contributed by atoms with Crippen molar-refractivity contribution in [1.82, 2.24) is 14.1 Å². The Morgan fingerprint density at radius 1 is 1.29 bits per heavy atom. The van der Waals surface area contributed by atoms with E-state index in [1.54, 1.807) is 15.2 Å². The number of sulfonamides is 1. The zero-order chi connectivity index (χ0) is 17.3. The summed E-state index contributed by atoms with van der Waals surface area (Å²) in [4.78, 5) is 0.230. The Bertz CT molecular complexity index is 796. The molecule has 130 valence electrons. The smallest absolute Gasteiger partial charge is 0.246 e. The summed E-state index contributed by atoms with van der Waals surface area (Å²) >= 11 is 0. The van der Waals surface area contributed by atoms with Gasteiger partial charge >= 0.3 is 0 Å². The van der Waals surface area contributed by atoms with Crippen molar-refractivity contribution in [3.8, 4) is 5.69 Å². The van der Waals surface area contributed by atoms with Crippen molar-refractivity contribution in [3.63, 3.8) is 0 Å². The van der Waals surface area contributed by atoms with Crippen molar-refractivity contribution in [1.29, 1.82) is 0 Å². The number of nitrogens with zero attached hydrogens (tertiary/aromatic N) is 3. The quantitative estimate of drug-likeness (QED) is 0.915. The molecule has 1 aromatic carbocycles. The van der Waals surface area contributed by atoms with Gasteiger partial charge in [0.25, 0.3) is 0 Å². The van der Waals surface area contributed by atoms with E-state index in [1.807, 2.05) is 38.1 Å². The Kier molecular flexibility index (Phi) is 4.76. The van der Waals surface area contributed by atoms with Crippen LogP contribution >= 0.6 is 0 Å². The van der Waals surface area contributed by atoms with Gasteiger partial charge in [0.15, 0.2) is 0 Å². The standard InChI is InChI=1S/C17H24N4O2S/c1-13-5-7-16(8-6-13)21-12-17(10-19-21)24(22,23)20-9-3-4-15(11-20)14(2)18/h5-8,10,12,14-15H,3-4,9,11,18H2,1-2H3. The molecule has 2 aromatic rings. The van der Waals surface area contributed by atoms with Gasteiger partial charge in [0, 0.05) is 19.1 Å². The van der Waals surface area contributed by atoms with Crippen LogP contribution in [0.2, 0.25) is 0 Å². The zero-order valence-electron chi connectivity index (χ0n) is 14.1. The first-order valence-electron chi connectivity index (χ1n) is 8.25. The van der Waals surface area contributed by atoms with Crippen molar-refractivity contribution in [2.24, 2.45) is 11.7 Å². The predicted octanol–water partition coefficient (Wildman–Crippen LogP) is 1.93. The molecule has 1 aliphatic rings. The summed E-state index contributed by atoms with van der Waals surface area (Å²) in [5.41, 5.74) is 7.95. The maximum Gasteiger partial charge on any atom is 0.246 e. The van der Waals surface area contributed by atoms with Crippen LogP contribution in [-0.2, 0) is 10.0 Å². The minimum Gasteiger partial charge on any atom is -0.328 e. The van der Waals surface area contributed by atoms with Gasteiger partial charge in [-0.15, -0.1) is 0 Å². The van der Waals surface area contributed by atoms with Crippen molar-refractivity contribution in [2.45, 2.75) is 37.6 Å². The van der Waals surface area contributed by atoms with Crippen LogP contribution in [0.1, 0.15) is 25.3 Å². The molecule has 2 atom stereocenters. The van der Waals surface area contributed by atoms with Crippen LogP contribution in [0.15, 0.2) is 41.6 Å². The summed E-state index contributed by atoms with van der Waals surface area (Å²) in [7, 11) is -3.53. The molecule has 0 bridgehead atoms. The number of aryl methyl sites for hydroxylation is 1. The van der Waals surface area contributed by atoms with Gasteiger partial charge in [-0.1, -0.05) is 17.7 Å². The highest BCUT2D eigenvalue weighted by molar-refractivity contribution is 7.89. The lowest BCUT2D eigenvalue weighted by Gasteiger charge is -2.33. The van der Waals surface area contributed by atoms with E-state index in [0.717, 1.165) is 24.1 Å². The molecular weight excluding hydrogens is 324 g/mol. The van der Waals surface area contributed by atoms with Crippen LogP contribution in [0.3, 0.4) is 0 Å². The first-order chi connectivity index (χ1) is 11.4. The number of nitrogens with two attached hydrogens (primary N) is 1. The first-order valence-corrected chi connectivity index (χ1v) is 9.69. The van der Waals surface area contributed by atoms with E-state index >= 15 is 0 Å². The second kappa shape index (κ2) is 6.66. The SMILES string of the molecule is Cc1ccc(-n2cc(S(=O)(=O)N3CCCC(C(C)N)C3)cn2)cc1. The minimum absolute atomic E-state index is 0.00159. The van der Waals surface area contributed by atoms with Gasteiger partial charge in [-0.25, -0.2) is 13.1 Å². The molecule has 1 aliphatic heterocycles. The van der Waals surface area contributed by atoms with E-state index in [1.165, 1.54) is 6.20 Å². The minimum atomic E-state index is -3.53. The van der Waals surface area contributed by atoms with Gasteiger partial charge in [-0.3, -0.25) is 0 Å². The summed E-state index contributed by atoms with van der Waals surface area (Å²) in [6, 6.07) is 7.79. The molecule has 2 heterocycles. The number of rotatable bonds is 4. The van der Waals surface area contributed by atoms with Crippen LogP contribution in [0.25, 0.3) is 5.69 Å². The Morgan fingerprint density at radius 3 is 2.67 bits per heavy atom. The van der Waals surface area contributed by atoms with E-state index in [4.69, 9.17) is 5.73 Å². The zero-order valence-corrected chi connectivity index (χ0v) is 14.9. The molecule has 24 heavy (non-hydrogen) atoms. The second-order valence-electron chi connectivity index (χ2n) is 6.58. The molecule has 1 saturated heterocycles. The molecule has 7 heteroatoms. The lowest BCUT2D eigenvalue weighted by atomic mass is 9.93. The topological polar surface area (TPSA) is 81.2 Å². The molecule has 0 saturated carbocycles. The van der Waals surface area contributed by atoms with Crippen molar-refractivity contribution in [3.05, 3.63) is 42.2 Å². The van der Waals surface area contributed by atoms with Crippen molar-refractivity contribution in [2.75, 3.05) is 13.1 Å². The van der Waals surface area contributed by atoms with E-state index in [0.29, 0.717) is 13.1 Å². The van der Waals surface area contributed by atoms with Gasteiger partial charge in [0.1, 0.15) is 4.90 Å². The van der Waals surface area contributed by atoms with Crippen LogP contribution in [0.5, 0.6) is 0 Å². The Balaban J connectivity index is 1.84. The highest BCUT2D eigenvalue weighted by atomic mass is 32.2. The lowest BCUT2D eigenvalue weighted by molar-refractivity contribution is 0.243. The summed E-state index contributed by atoms with van der Waals surface area (Å²) in [5.74, 6) is 0.209. The lowest BCUT2D eigenvalue weighted by Crippen LogP contribution is -2.44. The highest BCUT2D eigenvalue weighted by Crippen LogP contribution is 2.25. The van der Waals surface area contributed by atoms with E-state index in [-0.39, 0.29) is 16.9 Å². The third-order valence-electron chi connectivity index (χ3n) is 4.66. The molecular formula is C17H24N4O2S. The maximum absolute atomic E-state index is 12.9. The molecule has 1 fully saturated rings. The summed E-state index contributed by atoms with van der Waals surface area (Å²) in [6.45, 7) is 4.97. The number of hydrogen-bond acceptors (Lipinski definition) is 4. The van der Waals surface area contributed by atoms with Crippen LogP contribution in [0, 0.1) is 12.8 Å². The van der Waals surface area contributed by atoms with Crippen molar-refractivity contribution < 1.29 is 8.42 Å². The molecule has 0 amide bonds. The Labute approximate surface area is 143 Å². The third kappa shape index (κ3) is 3.38. The summed E-state index contributed by atoms with van der Waals surface area (Å²) < 4.78 is 28.9. The van der Waals surface area contributed by atoms with Crippen LogP contribution in [-0.4, -0.2) is 41.6 Å². The number of hydrogen-bond donors (Lipinski definition) is 1. The maximum atomic E-state index is 12.9. The fraction of sp³-hybridized carbons (Fsp3) is 0.471. The van der Waals surface area contributed by atoms with Crippen molar-refractivity contribution >= 4 is 10.0 Å². The van der Waals surface area contributed by atoms with Gasteiger partial charge in [-0.2, -0.15) is 9.40 Å². The van der Waals surface area contributed by atoms with Gasteiger partial charge < -0.3 is 5.73 Å². The first kappa shape index (κ1) is 17.1. The molecule has 2 unspecified atom stereocenters. The predicted molar refractivity (Wildman–Crippen MR) is 93.4 cm³/mol. The third-order valence-corrected chi connectivity index (χ3v) is 6.48. The number of piperidine rings is 1. The highest BCUT2D eigenvalue weighted by Gasteiger charge is 2.32. The monoisotopic (exact) mass is 348 g/mol. The number of aromatic nitrogens is 2. The van der Waals surface area contributed by atoms with E-state index in [2.05, 4.69) is 5.10 Å². The molecule has 3 rings (SSSR count). The average molecular weight is 348 g/mol. The normalized spacial score (nSPS) is 20.9. The molecule has 1 aromatic heterocycles. The average Bonchev–Trinajstić information content (AvgIpc) is 3.06. The van der Waals surface area contributed by atoms with Gasteiger partial charge in [0.2, 0.25) is 10.0 Å². The van der Waals surface area contributed by atoms with Crippen LogP contribution in [0.4, 0.5) is 0 Å². The van der Waals surface area contributed by atoms with E-state index in [9.17, 15) is 8.42 Å². The molecule has 0 spiro atoms. The van der Waals surface area contributed by atoms with Crippen LogP contribution < -0.4 is 5.73 Å². The summed E-state index contributed by atoms with van der Waals surface area (Å²) in [6.07, 6.45) is 4.82. The fourth-order valence-corrected chi connectivity index (χ4v) is 4.52. The molecule has 6 nitrogen and oxygen atoms in total. The molecule has 0 radical (unpaired) electrons. The molecule has 2 N–H and O–H groups in total. The second-order valence-corrected chi connectivity index (χ2v) is 8.52. The molecule has 0 aliphatic carbocycles. The Hall–Kier alpha value is -1.70. The number of benzene rings is 1. The summed E-state index contributed by atoms with van der Waals surface area (Å²) in [5, 5.41) is 4.22. The van der Waals surface area contributed by atoms with Gasteiger partial charge in [0.05, 0.1) is 18.1 Å².